The number of rotatable bonds is 6. The van der Waals surface area contributed by atoms with Gasteiger partial charge in [0, 0.05) is 0 Å². The molecule has 0 fully saturated rings. The quantitative estimate of drug-likeness (QED) is 0.449. The SMILES string of the molecule is [C-]#[N+]C[C@@H](C[C@H](NC(=O)OC(C)(C)C)C(=O)OC)C(=O)OC. The van der Waals surface area contributed by atoms with Crippen LogP contribution in [0.15, 0.2) is 0 Å². The molecule has 0 spiro atoms. The van der Waals surface area contributed by atoms with E-state index in [1.165, 1.54) is 7.11 Å². The van der Waals surface area contributed by atoms with E-state index in [0.717, 1.165) is 7.11 Å². The van der Waals surface area contributed by atoms with Gasteiger partial charge in [-0.25, -0.2) is 16.2 Å². The molecule has 0 aliphatic heterocycles. The summed E-state index contributed by atoms with van der Waals surface area (Å²) >= 11 is 0. The van der Waals surface area contributed by atoms with Crippen LogP contribution >= 0.6 is 0 Å². The summed E-state index contributed by atoms with van der Waals surface area (Å²) in [6.45, 7) is 11.7. The van der Waals surface area contributed by atoms with Crippen molar-refractivity contribution in [3.8, 4) is 0 Å². The molecule has 0 rings (SSSR count). The standard InChI is InChI=1S/C14H22N2O6/c1-14(2,3)22-13(19)16-10(12(18)21-6)7-9(8-15-4)11(17)20-5/h9-10H,7-8H2,1-3,5-6H3,(H,16,19)/t9-,10+/m1/s1. The molecule has 2 atom stereocenters. The van der Waals surface area contributed by atoms with E-state index < -0.39 is 35.6 Å². The Balaban J connectivity index is 4.98. The molecule has 8 nitrogen and oxygen atoms in total. The average molecular weight is 314 g/mol. The van der Waals surface area contributed by atoms with E-state index in [2.05, 4.69) is 19.6 Å². The lowest BCUT2D eigenvalue weighted by Gasteiger charge is -2.23. The van der Waals surface area contributed by atoms with Crippen LogP contribution < -0.4 is 5.32 Å². The highest BCUT2D eigenvalue weighted by molar-refractivity contribution is 5.82. The predicted octanol–water partition coefficient (Wildman–Crippen LogP) is 1.15. The fourth-order valence-corrected chi connectivity index (χ4v) is 1.61. The second-order valence-electron chi connectivity index (χ2n) is 5.52. The largest absolute Gasteiger partial charge is 0.469 e. The molecular weight excluding hydrogens is 292 g/mol. The number of carbonyl (C=O) groups is 3. The van der Waals surface area contributed by atoms with Gasteiger partial charge in [0.15, 0.2) is 0 Å². The zero-order chi connectivity index (χ0) is 17.3. The summed E-state index contributed by atoms with van der Waals surface area (Å²) in [4.78, 5) is 38.2. The average Bonchev–Trinajstić information content (AvgIpc) is 2.42. The molecule has 8 heteroatoms. The fraction of sp³-hybridized carbons (Fsp3) is 0.714. The van der Waals surface area contributed by atoms with Gasteiger partial charge in [-0.2, -0.15) is 0 Å². The third kappa shape index (κ3) is 7.47. The summed E-state index contributed by atoms with van der Waals surface area (Å²) in [5, 5.41) is 2.35. The van der Waals surface area contributed by atoms with Gasteiger partial charge in [-0.15, -0.1) is 0 Å². The molecule has 0 aliphatic carbocycles. The van der Waals surface area contributed by atoms with Crippen LogP contribution in [0, 0.1) is 12.5 Å². The van der Waals surface area contributed by atoms with Gasteiger partial charge in [-0.3, -0.25) is 4.79 Å². The highest BCUT2D eigenvalue weighted by Crippen LogP contribution is 2.13. The summed E-state index contributed by atoms with van der Waals surface area (Å²) < 4.78 is 14.2. The Kier molecular flexibility index (Phi) is 7.94. The first-order chi connectivity index (χ1) is 10.1. The topological polar surface area (TPSA) is 95.3 Å². The molecule has 0 aromatic heterocycles. The normalized spacial score (nSPS) is 13.3. The number of hydrogen-bond donors (Lipinski definition) is 1. The minimum atomic E-state index is -1.11. The van der Waals surface area contributed by atoms with Crippen LogP contribution in [0.4, 0.5) is 4.79 Å². The Morgan fingerprint density at radius 1 is 1.14 bits per heavy atom. The lowest BCUT2D eigenvalue weighted by molar-refractivity contribution is -0.147. The third-order valence-electron chi connectivity index (χ3n) is 2.54. The molecule has 124 valence electrons. The molecule has 0 aromatic rings. The molecule has 0 aliphatic rings. The van der Waals surface area contributed by atoms with Gasteiger partial charge >= 0.3 is 18.0 Å². The Labute approximate surface area is 129 Å². The number of ether oxygens (including phenoxy) is 3. The minimum absolute atomic E-state index is 0.110. The Bertz CT molecular complexity index is 449. The van der Waals surface area contributed by atoms with E-state index in [0.29, 0.717) is 0 Å². The zero-order valence-corrected chi connectivity index (χ0v) is 13.5. The maximum atomic E-state index is 11.8. The minimum Gasteiger partial charge on any atom is -0.469 e. The number of amides is 1. The molecule has 22 heavy (non-hydrogen) atoms. The summed E-state index contributed by atoms with van der Waals surface area (Å²) in [6, 6.07) is -1.11. The van der Waals surface area contributed by atoms with Crippen molar-refractivity contribution in [1.82, 2.24) is 5.32 Å². The van der Waals surface area contributed by atoms with E-state index in [9.17, 15) is 14.4 Å². The molecule has 1 N–H and O–H groups in total. The second-order valence-corrected chi connectivity index (χ2v) is 5.52. The molecule has 0 saturated carbocycles. The van der Waals surface area contributed by atoms with Gasteiger partial charge in [-0.1, -0.05) is 0 Å². The van der Waals surface area contributed by atoms with Crippen molar-refractivity contribution in [2.45, 2.75) is 38.8 Å². The van der Waals surface area contributed by atoms with Gasteiger partial charge < -0.3 is 24.4 Å². The smallest absolute Gasteiger partial charge is 0.408 e. The van der Waals surface area contributed by atoms with Crippen molar-refractivity contribution in [3.05, 3.63) is 11.4 Å². The second kappa shape index (κ2) is 8.87. The van der Waals surface area contributed by atoms with Crippen molar-refractivity contribution < 1.29 is 28.6 Å². The number of hydrogen-bond acceptors (Lipinski definition) is 6. The molecule has 0 radical (unpaired) electrons. The molecular formula is C14H22N2O6. The zero-order valence-electron chi connectivity index (χ0n) is 13.5. The Hall–Kier alpha value is -2.30. The number of alkyl carbamates (subject to hydrolysis) is 1. The lowest BCUT2D eigenvalue weighted by atomic mass is 10.00. The highest BCUT2D eigenvalue weighted by Gasteiger charge is 2.32. The molecule has 0 heterocycles. The van der Waals surface area contributed by atoms with Gasteiger partial charge in [0.1, 0.15) is 17.6 Å². The van der Waals surface area contributed by atoms with Gasteiger partial charge in [0.05, 0.1) is 14.2 Å². The molecule has 0 unspecified atom stereocenters. The molecule has 0 bridgehead atoms. The summed E-state index contributed by atoms with van der Waals surface area (Å²) in [6.07, 6.45) is -0.921. The van der Waals surface area contributed by atoms with Crippen LogP contribution in [0.1, 0.15) is 27.2 Å². The fourth-order valence-electron chi connectivity index (χ4n) is 1.61. The van der Waals surface area contributed by atoms with Gasteiger partial charge in [0.25, 0.3) is 0 Å². The van der Waals surface area contributed by atoms with Crippen molar-refractivity contribution in [3.63, 3.8) is 0 Å². The van der Waals surface area contributed by atoms with Crippen LogP contribution in [-0.4, -0.2) is 50.4 Å². The monoisotopic (exact) mass is 314 g/mol. The van der Waals surface area contributed by atoms with E-state index in [-0.39, 0.29) is 13.0 Å². The third-order valence-corrected chi connectivity index (χ3v) is 2.54. The number of carbonyl (C=O) groups excluding carboxylic acids is 3. The maximum absolute atomic E-state index is 11.8. The van der Waals surface area contributed by atoms with Crippen molar-refractivity contribution in [1.29, 1.82) is 0 Å². The van der Waals surface area contributed by atoms with Crippen LogP contribution in [0.25, 0.3) is 4.85 Å². The van der Waals surface area contributed by atoms with Gasteiger partial charge in [0.2, 0.25) is 6.54 Å². The van der Waals surface area contributed by atoms with Crippen molar-refractivity contribution >= 4 is 18.0 Å². The highest BCUT2D eigenvalue weighted by atomic mass is 16.6. The van der Waals surface area contributed by atoms with E-state index in [4.69, 9.17) is 11.3 Å². The van der Waals surface area contributed by atoms with E-state index >= 15 is 0 Å². The number of esters is 2. The van der Waals surface area contributed by atoms with Crippen LogP contribution in [0.3, 0.4) is 0 Å². The molecule has 0 saturated heterocycles. The lowest BCUT2D eigenvalue weighted by Crippen LogP contribution is -2.46. The first-order valence-corrected chi connectivity index (χ1v) is 6.63. The maximum Gasteiger partial charge on any atom is 0.408 e. The van der Waals surface area contributed by atoms with Crippen molar-refractivity contribution in [2.24, 2.45) is 5.92 Å². The first kappa shape index (κ1) is 19.7. The van der Waals surface area contributed by atoms with E-state index in [1.807, 2.05) is 0 Å². The van der Waals surface area contributed by atoms with Gasteiger partial charge in [-0.05, 0) is 27.2 Å². The molecule has 1 amide bonds. The summed E-state index contributed by atoms with van der Waals surface area (Å²) in [5.41, 5.74) is -0.733. The Morgan fingerprint density at radius 2 is 1.68 bits per heavy atom. The number of methoxy groups -OCH3 is 2. The Morgan fingerprint density at radius 3 is 2.09 bits per heavy atom. The molecule has 0 aromatic carbocycles. The van der Waals surface area contributed by atoms with Crippen LogP contribution in [-0.2, 0) is 23.8 Å². The van der Waals surface area contributed by atoms with Crippen LogP contribution in [0.5, 0.6) is 0 Å². The van der Waals surface area contributed by atoms with E-state index in [1.54, 1.807) is 20.8 Å². The van der Waals surface area contributed by atoms with Crippen LogP contribution in [0.2, 0.25) is 0 Å². The summed E-state index contributed by atoms with van der Waals surface area (Å²) in [5.74, 6) is -2.21. The number of nitrogens with one attached hydrogen (secondary N) is 1. The van der Waals surface area contributed by atoms with Crippen molar-refractivity contribution in [2.75, 3.05) is 20.8 Å². The number of nitrogens with zero attached hydrogens (tertiary/aromatic N) is 1. The first-order valence-electron chi connectivity index (χ1n) is 6.63. The predicted molar refractivity (Wildman–Crippen MR) is 76.8 cm³/mol. The summed E-state index contributed by atoms with van der Waals surface area (Å²) in [7, 11) is 2.35.